The molecular weight excluding hydrogens is 216 g/mol. The van der Waals surface area contributed by atoms with Crippen molar-refractivity contribution in [3.63, 3.8) is 0 Å². The molecule has 1 aliphatic rings. The highest BCUT2D eigenvalue weighted by atomic mass is 16.4. The molecule has 1 fully saturated rings. The second kappa shape index (κ2) is 6.36. The molecule has 0 saturated carbocycles. The smallest absolute Gasteiger partial charge is 0.307 e. The van der Waals surface area contributed by atoms with E-state index in [-0.39, 0.29) is 12.0 Å². The first-order valence-corrected chi connectivity index (χ1v) is 6.53. The van der Waals surface area contributed by atoms with E-state index in [0.717, 1.165) is 12.5 Å². The van der Waals surface area contributed by atoms with E-state index >= 15 is 0 Å². The first kappa shape index (κ1) is 14.5. The minimum atomic E-state index is -0.701. The third-order valence-corrected chi connectivity index (χ3v) is 4.19. The number of likely N-dealkylation sites (tertiary alicyclic amines) is 1. The van der Waals surface area contributed by atoms with Gasteiger partial charge in [0.05, 0.1) is 5.92 Å². The highest BCUT2D eigenvalue weighted by Crippen LogP contribution is 2.19. The van der Waals surface area contributed by atoms with Crippen molar-refractivity contribution in [1.29, 1.82) is 0 Å². The summed E-state index contributed by atoms with van der Waals surface area (Å²) in [4.78, 5) is 15.5. The number of rotatable bonds is 5. The number of nitrogens with zero attached hydrogens (tertiary/aromatic N) is 2. The van der Waals surface area contributed by atoms with Gasteiger partial charge in [0.25, 0.3) is 0 Å². The number of aliphatic carboxylic acids is 1. The van der Waals surface area contributed by atoms with Gasteiger partial charge in [-0.05, 0) is 52.9 Å². The van der Waals surface area contributed by atoms with Crippen molar-refractivity contribution >= 4 is 5.97 Å². The molecule has 0 aromatic heterocycles. The SMILES string of the molecule is CC(C(=O)O)C(C)N(C)CC1CCN(C)CC1. The van der Waals surface area contributed by atoms with Crippen molar-refractivity contribution in [3.8, 4) is 0 Å². The van der Waals surface area contributed by atoms with Crippen molar-refractivity contribution in [2.24, 2.45) is 11.8 Å². The summed E-state index contributed by atoms with van der Waals surface area (Å²) in [6.07, 6.45) is 2.46. The maximum absolute atomic E-state index is 10.9. The molecule has 0 aliphatic carbocycles. The van der Waals surface area contributed by atoms with Crippen LogP contribution in [0.3, 0.4) is 0 Å². The van der Waals surface area contributed by atoms with Crippen molar-refractivity contribution in [2.75, 3.05) is 33.7 Å². The van der Waals surface area contributed by atoms with Crippen LogP contribution < -0.4 is 0 Å². The average molecular weight is 242 g/mol. The summed E-state index contributed by atoms with van der Waals surface area (Å²) in [6.45, 7) is 7.15. The summed E-state index contributed by atoms with van der Waals surface area (Å²) in [6, 6.07) is 0.104. The normalized spacial score (nSPS) is 22.6. The Morgan fingerprint density at radius 2 is 1.94 bits per heavy atom. The Kier molecular flexibility index (Phi) is 5.40. The fourth-order valence-electron chi connectivity index (χ4n) is 2.41. The van der Waals surface area contributed by atoms with E-state index in [9.17, 15) is 4.79 Å². The minimum Gasteiger partial charge on any atom is -0.481 e. The van der Waals surface area contributed by atoms with Gasteiger partial charge in [0, 0.05) is 12.6 Å². The summed E-state index contributed by atoms with van der Waals surface area (Å²) in [5, 5.41) is 9.01. The van der Waals surface area contributed by atoms with Crippen LogP contribution in [0.5, 0.6) is 0 Å². The minimum absolute atomic E-state index is 0.104. The molecule has 0 amide bonds. The first-order valence-electron chi connectivity index (χ1n) is 6.53. The fraction of sp³-hybridized carbons (Fsp3) is 0.923. The maximum atomic E-state index is 10.9. The summed E-state index contributed by atoms with van der Waals surface area (Å²) in [7, 11) is 4.21. The Morgan fingerprint density at radius 3 is 2.41 bits per heavy atom. The quantitative estimate of drug-likeness (QED) is 0.791. The van der Waals surface area contributed by atoms with Crippen LogP contribution in [0.25, 0.3) is 0 Å². The van der Waals surface area contributed by atoms with E-state index in [1.807, 2.05) is 14.0 Å². The molecule has 17 heavy (non-hydrogen) atoms. The number of piperidine rings is 1. The van der Waals surface area contributed by atoms with E-state index in [0.29, 0.717) is 0 Å². The van der Waals surface area contributed by atoms with Gasteiger partial charge in [-0.2, -0.15) is 0 Å². The summed E-state index contributed by atoms with van der Waals surface area (Å²) in [5.74, 6) is -0.279. The molecule has 0 spiro atoms. The molecular formula is C13H26N2O2. The Balaban J connectivity index is 2.38. The zero-order valence-electron chi connectivity index (χ0n) is 11.5. The van der Waals surface area contributed by atoms with E-state index < -0.39 is 5.97 Å². The second-order valence-electron chi connectivity index (χ2n) is 5.55. The third kappa shape index (κ3) is 4.28. The lowest BCUT2D eigenvalue weighted by Crippen LogP contribution is -2.42. The Hall–Kier alpha value is -0.610. The topological polar surface area (TPSA) is 43.8 Å². The molecule has 4 heteroatoms. The van der Waals surface area contributed by atoms with E-state index in [2.05, 4.69) is 16.8 Å². The molecule has 0 radical (unpaired) electrons. The molecule has 1 aliphatic heterocycles. The van der Waals surface area contributed by atoms with Gasteiger partial charge in [0.2, 0.25) is 0 Å². The predicted molar refractivity (Wildman–Crippen MR) is 69.1 cm³/mol. The maximum Gasteiger partial charge on any atom is 0.307 e. The van der Waals surface area contributed by atoms with Crippen molar-refractivity contribution in [2.45, 2.75) is 32.7 Å². The van der Waals surface area contributed by atoms with Crippen molar-refractivity contribution in [3.05, 3.63) is 0 Å². The first-order chi connectivity index (χ1) is 7.91. The van der Waals surface area contributed by atoms with Crippen LogP contribution in [0.15, 0.2) is 0 Å². The molecule has 1 N–H and O–H groups in total. The molecule has 1 rings (SSSR count). The molecule has 1 heterocycles. The summed E-state index contributed by atoms with van der Waals surface area (Å²) >= 11 is 0. The molecule has 2 atom stereocenters. The average Bonchev–Trinajstić information content (AvgIpc) is 2.30. The third-order valence-electron chi connectivity index (χ3n) is 4.19. The van der Waals surface area contributed by atoms with Gasteiger partial charge in [-0.25, -0.2) is 0 Å². The molecule has 0 aromatic carbocycles. The zero-order valence-corrected chi connectivity index (χ0v) is 11.5. The lowest BCUT2D eigenvalue weighted by Gasteiger charge is -2.35. The lowest BCUT2D eigenvalue weighted by molar-refractivity contribution is -0.143. The van der Waals surface area contributed by atoms with Gasteiger partial charge < -0.3 is 14.9 Å². The molecule has 100 valence electrons. The molecule has 1 saturated heterocycles. The van der Waals surface area contributed by atoms with Gasteiger partial charge in [0.15, 0.2) is 0 Å². The molecule has 0 bridgehead atoms. The monoisotopic (exact) mass is 242 g/mol. The number of hydrogen-bond acceptors (Lipinski definition) is 3. The highest BCUT2D eigenvalue weighted by molar-refractivity contribution is 5.70. The number of hydrogen-bond donors (Lipinski definition) is 1. The van der Waals surface area contributed by atoms with Gasteiger partial charge in [0.1, 0.15) is 0 Å². The molecule has 2 unspecified atom stereocenters. The van der Waals surface area contributed by atoms with Gasteiger partial charge >= 0.3 is 5.97 Å². The van der Waals surface area contributed by atoms with Crippen LogP contribution in [-0.2, 0) is 4.79 Å². The fourth-order valence-corrected chi connectivity index (χ4v) is 2.41. The van der Waals surface area contributed by atoms with E-state index in [1.54, 1.807) is 6.92 Å². The van der Waals surface area contributed by atoms with Crippen LogP contribution in [0, 0.1) is 11.8 Å². The molecule has 4 nitrogen and oxygen atoms in total. The molecule has 0 aromatic rings. The van der Waals surface area contributed by atoms with Crippen molar-refractivity contribution < 1.29 is 9.90 Å². The van der Waals surface area contributed by atoms with Crippen molar-refractivity contribution in [1.82, 2.24) is 9.80 Å². The second-order valence-corrected chi connectivity index (χ2v) is 5.55. The van der Waals surface area contributed by atoms with Gasteiger partial charge in [-0.15, -0.1) is 0 Å². The summed E-state index contributed by atoms with van der Waals surface area (Å²) < 4.78 is 0. The van der Waals surface area contributed by atoms with E-state index in [1.165, 1.54) is 25.9 Å². The Labute approximate surface area is 105 Å². The Morgan fingerprint density at radius 1 is 1.41 bits per heavy atom. The number of carboxylic acids is 1. The van der Waals surface area contributed by atoms with E-state index in [4.69, 9.17) is 5.11 Å². The highest BCUT2D eigenvalue weighted by Gasteiger charge is 2.25. The van der Waals surface area contributed by atoms with Crippen LogP contribution in [0.1, 0.15) is 26.7 Å². The Bertz CT molecular complexity index is 250. The van der Waals surface area contributed by atoms with Gasteiger partial charge in [-0.3, -0.25) is 4.79 Å². The largest absolute Gasteiger partial charge is 0.481 e. The number of carboxylic acid groups (broad SMARTS) is 1. The van der Waals surface area contributed by atoms with Crippen LogP contribution in [0.4, 0.5) is 0 Å². The van der Waals surface area contributed by atoms with Crippen LogP contribution in [0.2, 0.25) is 0 Å². The summed E-state index contributed by atoms with van der Waals surface area (Å²) in [5.41, 5.74) is 0. The van der Waals surface area contributed by atoms with Gasteiger partial charge in [-0.1, -0.05) is 6.92 Å². The lowest BCUT2D eigenvalue weighted by atomic mass is 9.95. The van der Waals surface area contributed by atoms with Crippen LogP contribution >= 0.6 is 0 Å². The van der Waals surface area contributed by atoms with Crippen LogP contribution in [-0.4, -0.2) is 60.6 Å². The predicted octanol–water partition coefficient (Wildman–Crippen LogP) is 1.37. The standard InChI is InChI=1S/C13H26N2O2/c1-10(13(16)17)11(2)15(4)9-12-5-7-14(3)8-6-12/h10-12H,5-9H2,1-4H3,(H,16,17). The number of carbonyl (C=O) groups is 1. The zero-order chi connectivity index (χ0) is 13.0.